The van der Waals surface area contributed by atoms with Gasteiger partial charge < -0.3 is 5.43 Å². The number of rotatable bonds is 1. The number of hydrazine groups is 1. The zero-order valence-corrected chi connectivity index (χ0v) is 9.26. The molecule has 2 rings (SSSR count). The highest BCUT2D eigenvalue weighted by Crippen LogP contribution is 2.23. The molecule has 0 fully saturated rings. The number of nitrogens with two attached hydrogens (primary N) is 1. The summed E-state index contributed by atoms with van der Waals surface area (Å²) in [5.41, 5.74) is 7.31. The second-order valence-corrected chi connectivity index (χ2v) is 3.92. The maximum Gasteiger partial charge on any atom is 0.140 e. The van der Waals surface area contributed by atoms with E-state index in [9.17, 15) is 0 Å². The average molecular weight is 201 g/mol. The molecule has 15 heavy (non-hydrogen) atoms. The number of nitrogens with one attached hydrogen (secondary N) is 1. The minimum absolute atomic E-state index is 0.711. The molecule has 3 N–H and O–H groups in total. The van der Waals surface area contributed by atoms with Crippen LogP contribution < -0.4 is 11.3 Å². The lowest BCUT2D eigenvalue weighted by Gasteiger charge is -2.08. The molecule has 0 aliphatic carbocycles. The number of hydrogen-bond donors (Lipinski definition) is 2. The molecule has 0 aliphatic rings. The van der Waals surface area contributed by atoms with Crippen molar-refractivity contribution in [3.63, 3.8) is 0 Å². The number of aromatic nitrogens is 1. The Morgan fingerprint density at radius 2 is 1.67 bits per heavy atom. The Balaban J connectivity index is 2.80. The molecule has 1 aromatic heterocycles. The van der Waals surface area contributed by atoms with Gasteiger partial charge in [0.1, 0.15) is 5.82 Å². The topological polar surface area (TPSA) is 50.9 Å². The average Bonchev–Trinajstić information content (AvgIpc) is 2.21. The van der Waals surface area contributed by atoms with Gasteiger partial charge >= 0.3 is 0 Å². The second kappa shape index (κ2) is 3.51. The molecule has 0 radical (unpaired) electrons. The van der Waals surface area contributed by atoms with Crippen LogP contribution >= 0.6 is 0 Å². The Morgan fingerprint density at radius 1 is 1.00 bits per heavy atom. The molecule has 0 bridgehead atoms. The summed E-state index contributed by atoms with van der Waals surface area (Å²) < 4.78 is 0. The number of pyridine rings is 1. The highest BCUT2D eigenvalue weighted by molar-refractivity contribution is 5.85. The molecule has 0 unspecified atom stereocenters. The molecule has 0 aliphatic heterocycles. The highest BCUT2D eigenvalue weighted by atomic mass is 15.2. The van der Waals surface area contributed by atoms with Gasteiger partial charge in [-0.15, -0.1) is 0 Å². The van der Waals surface area contributed by atoms with Gasteiger partial charge in [0.2, 0.25) is 0 Å². The Morgan fingerprint density at radius 3 is 2.33 bits per heavy atom. The van der Waals surface area contributed by atoms with Gasteiger partial charge in [0.15, 0.2) is 0 Å². The van der Waals surface area contributed by atoms with Crippen molar-refractivity contribution in [3.05, 3.63) is 34.9 Å². The molecule has 3 nitrogen and oxygen atoms in total. The first kappa shape index (κ1) is 9.93. The number of nitrogen functional groups attached to an aromatic ring is 1. The first-order chi connectivity index (χ1) is 7.11. The van der Waals surface area contributed by atoms with Crippen LogP contribution in [0, 0.1) is 20.8 Å². The maximum atomic E-state index is 5.37. The predicted octanol–water partition coefficient (Wildman–Crippen LogP) is 2.45. The number of fused-ring (bicyclic) bond motifs is 1. The molecule has 0 saturated carbocycles. The molecular weight excluding hydrogens is 186 g/mol. The van der Waals surface area contributed by atoms with Crippen molar-refractivity contribution in [1.82, 2.24) is 4.98 Å². The zero-order valence-electron chi connectivity index (χ0n) is 9.26. The van der Waals surface area contributed by atoms with E-state index in [4.69, 9.17) is 5.84 Å². The van der Waals surface area contributed by atoms with Gasteiger partial charge in [-0.1, -0.05) is 0 Å². The van der Waals surface area contributed by atoms with E-state index in [0.29, 0.717) is 5.82 Å². The van der Waals surface area contributed by atoms with Crippen LogP contribution in [0.4, 0.5) is 5.82 Å². The van der Waals surface area contributed by atoms with E-state index in [-0.39, 0.29) is 0 Å². The van der Waals surface area contributed by atoms with Crippen molar-refractivity contribution in [3.8, 4) is 0 Å². The molecule has 1 heterocycles. The first-order valence-corrected chi connectivity index (χ1v) is 4.97. The molecule has 78 valence electrons. The summed E-state index contributed by atoms with van der Waals surface area (Å²) in [4.78, 5) is 4.42. The van der Waals surface area contributed by atoms with Crippen LogP contribution in [-0.2, 0) is 0 Å². The summed E-state index contributed by atoms with van der Waals surface area (Å²) in [7, 11) is 0. The van der Waals surface area contributed by atoms with E-state index in [0.717, 1.165) is 5.52 Å². The normalized spacial score (nSPS) is 10.7. The standard InChI is InChI=1S/C12H15N3/c1-7-4-10-9(3)6-12(15-13)14-11(10)5-8(7)2/h4-6H,13H2,1-3H3,(H,14,15). The van der Waals surface area contributed by atoms with Gasteiger partial charge in [-0.2, -0.15) is 0 Å². The summed E-state index contributed by atoms with van der Waals surface area (Å²) in [6.45, 7) is 6.28. The van der Waals surface area contributed by atoms with Crippen LogP contribution in [0.25, 0.3) is 10.9 Å². The van der Waals surface area contributed by atoms with Crippen molar-refractivity contribution < 1.29 is 0 Å². The fraction of sp³-hybridized carbons (Fsp3) is 0.250. The second-order valence-electron chi connectivity index (χ2n) is 3.92. The van der Waals surface area contributed by atoms with Gasteiger partial charge in [-0.05, 0) is 55.7 Å². The lowest BCUT2D eigenvalue weighted by Crippen LogP contribution is -2.08. The first-order valence-electron chi connectivity index (χ1n) is 4.97. The smallest absolute Gasteiger partial charge is 0.140 e. The minimum atomic E-state index is 0.711. The van der Waals surface area contributed by atoms with Crippen molar-refractivity contribution in [2.24, 2.45) is 5.84 Å². The fourth-order valence-corrected chi connectivity index (χ4v) is 1.73. The third-order valence-electron chi connectivity index (χ3n) is 2.78. The SMILES string of the molecule is Cc1cc2nc(NN)cc(C)c2cc1C. The van der Waals surface area contributed by atoms with E-state index in [1.165, 1.54) is 22.1 Å². The monoisotopic (exact) mass is 201 g/mol. The summed E-state index contributed by atoms with van der Waals surface area (Å²) in [6.07, 6.45) is 0. The largest absolute Gasteiger partial charge is 0.308 e. The summed E-state index contributed by atoms with van der Waals surface area (Å²) in [5, 5.41) is 1.19. The van der Waals surface area contributed by atoms with Crippen LogP contribution in [0.15, 0.2) is 18.2 Å². The van der Waals surface area contributed by atoms with Gasteiger partial charge in [0.25, 0.3) is 0 Å². The quantitative estimate of drug-likeness (QED) is 0.550. The summed E-state index contributed by atoms with van der Waals surface area (Å²) in [5.74, 6) is 6.08. The molecule has 0 amide bonds. The van der Waals surface area contributed by atoms with Gasteiger partial charge in [0, 0.05) is 5.39 Å². The zero-order chi connectivity index (χ0) is 11.0. The number of nitrogens with zero attached hydrogens (tertiary/aromatic N) is 1. The van der Waals surface area contributed by atoms with Crippen molar-refractivity contribution >= 4 is 16.7 Å². The van der Waals surface area contributed by atoms with Crippen molar-refractivity contribution in [2.45, 2.75) is 20.8 Å². The third-order valence-corrected chi connectivity index (χ3v) is 2.78. The number of benzene rings is 1. The maximum absolute atomic E-state index is 5.37. The van der Waals surface area contributed by atoms with Crippen LogP contribution in [0.5, 0.6) is 0 Å². The van der Waals surface area contributed by atoms with E-state index >= 15 is 0 Å². The third kappa shape index (κ3) is 1.66. The van der Waals surface area contributed by atoms with Crippen LogP contribution in [0.2, 0.25) is 0 Å². The summed E-state index contributed by atoms with van der Waals surface area (Å²) in [6, 6.07) is 6.23. The fourth-order valence-electron chi connectivity index (χ4n) is 1.73. The van der Waals surface area contributed by atoms with Crippen molar-refractivity contribution in [1.29, 1.82) is 0 Å². The van der Waals surface area contributed by atoms with Gasteiger partial charge in [0.05, 0.1) is 5.52 Å². The van der Waals surface area contributed by atoms with Crippen molar-refractivity contribution in [2.75, 3.05) is 5.43 Å². The Hall–Kier alpha value is -1.61. The number of hydrogen-bond acceptors (Lipinski definition) is 3. The molecule has 3 heteroatoms. The predicted molar refractivity (Wildman–Crippen MR) is 63.8 cm³/mol. The number of anilines is 1. The van der Waals surface area contributed by atoms with E-state index in [1.807, 2.05) is 6.07 Å². The Labute approximate surface area is 89.3 Å². The Kier molecular flexibility index (Phi) is 2.32. The molecule has 2 aromatic rings. The van der Waals surface area contributed by atoms with Crippen LogP contribution in [0.1, 0.15) is 16.7 Å². The molecule has 1 aromatic carbocycles. The molecule has 0 atom stereocenters. The van der Waals surface area contributed by atoms with E-state index in [2.05, 4.69) is 43.3 Å². The Bertz CT molecular complexity index is 518. The summed E-state index contributed by atoms with van der Waals surface area (Å²) >= 11 is 0. The van der Waals surface area contributed by atoms with E-state index < -0.39 is 0 Å². The van der Waals surface area contributed by atoms with Gasteiger partial charge in [-0.3, -0.25) is 0 Å². The van der Waals surface area contributed by atoms with Gasteiger partial charge in [-0.25, -0.2) is 10.8 Å². The lowest BCUT2D eigenvalue weighted by molar-refractivity contribution is 1.24. The number of aryl methyl sites for hydroxylation is 3. The molecule has 0 saturated heterocycles. The molecular formula is C12H15N3. The van der Waals surface area contributed by atoms with Crippen LogP contribution in [0.3, 0.4) is 0 Å². The van der Waals surface area contributed by atoms with E-state index in [1.54, 1.807) is 0 Å². The minimum Gasteiger partial charge on any atom is -0.308 e. The molecule has 0 spiro atoms. The lowest BCUT2D eigenvalue weighted by atomic mass is 10.0. The van der Waals surface area contributed by atoms with Crippen LogP contribution in [-0.4, -0.2) is 4.98 Å². The highest BCUT2D eigenvalue weighted by Gasteiger charge is 2.03.